The minimum Gasteiger partial charge on any atom is -0.481 e. The average Bonchev–Trinajstić information content (AvgIpc) is 2.09. The molecule has 60 valence electrons. The Morgan fingerprint density at radius 2 is 2.45 bits per heavy atom. The molecule has 4 nitrogen and oxygen atoms in total. The van der Waals surface area contributed by atoms with E-state index in [-0.39, 0.29) is 11.6 Å². The molecule has 1 heterocycles. The summed E-state index contributed by atoms with van der Waals surface area (Å²) in [6.45, 7) is 1.72. The molecule has 1 rings (SSSR count). The van der Waals surface area contributed by atoms with E-state index in [1.165, 1.54) is 0 Å². The number of nitrogens with zero attached hydrogens (tertiary/aromatic N) is 1. The van der Waals surface area contributed by atoms with Crippen molar-refractivity contribution < 1.29 is 9.90 Å². The summed E-state index contributed by atoms with van der Waals surface area (Å²) in [5.74, 6) is -0.290. The van der Waals surface area contributed by atoms with Crippen LogP contribution in [-0.2, 0) is 11.2 Å². The van der Waals surface area contributed by atoms with Gasteiger partial charge < -0.3 is 10.1 Å². The van der Waals surface area contributed by atoms with Crippen LogP contribution in [0.4, 0.5) is 0 Å². The van der Waals surface area contributed by atoms with Crippen LogP contribution in [0.1, 0.15) is 11.5 Å². The van der Waals surface area contributed by atoms with Gasteiger partial charge in [0, 0.05) is 0 Å². The Bertz CT molecular complexity index is 282. The number of aryl methyl sites for hydroxylation is 1. The monoisotopic (exact) mass is 174 g/mol. The first-order valence-corrected chi connectivity index (χ1v) is 3.40. The maximum absolute atomic E-state index is 10.2. The summed E-state index contributed by atoms with van der Waals surface area (Å²) in [4.78, 5) is 16.8. The second kappa shape index (κ2) is 2.92. The molecular formula is C6H7ClN2O2. The number of carboxylic acid groups (broad SMARTS) is 1. The SMILES string of the molecule is Cc1nc(Cl)c(CC(=O)O)[nH]1. The topological polar surface area (TPSA) is 66.0 Å². The van der Waals surface area contributed by atoms with Crippen molar-refractivity contribution in [3.63, 3.8) is 0 Å². The fourth-order valence-corrected chi connectivity index (χ4v) is 1.02. The van der Waals surface area contributed by atoms with Gasteiger partial charge in [-0.2, -0.15) is 0 Å². The first-order valence-electron chi connectivity index (χ1n) is 3.02. The number of carboxylic acids is 1. The highest BCUT2D eigenvalue weighted by molar-refractivity contribution is 6.30. The van der Waals surface area contributed by atoms with Crippen LogP contribution in [-0.4, -0.2) is 21.0 Å². The van der Waals surface area contributed by atoms with Crippen LogP contribution in [0.5, 0.6) is 0 Å². The van der Waals surface area contributed by atoms with Gasteiger partial charge in [-0.15, -0.1) is 0 Å². The van der Waals surface area contributed by atoms with Gasteiger partial charge in [0.15, 0.2) is 5.15 Å². The summed E-state index contributed by atoms with van der Waals surface area (Å²) >= 11 is 5.58. The number of H-pyrrole nitrogens is 1. The third-order valence-corrected chi connectivity index (χ3v) is 1.49. The number of aliphatic carboxylic acids is 1. The molecule has 2 N–H and O–H groups in total. The number of hydrogen-bond acceptors (Lipinski definition) is 2. The van der Waals surface area contributed by atoms with Gasteiger partial charge in [-0.3, -0.25) is 4.79 Å². The van der Waals surface area contributed by atoms with Crippen molar-refractivity contribution in [1.82, 2.24) is 9.97 Å². The standard InChI is InChI=1S/C6H7ClN2O2/c1-3-8-4(2-5(10)11)6(7)9-3/h2H2,1H3,(H,8,9)(H,10,11). The molecule has 0 unspecified atom stereocenters. The van der Waals surface area contributed by atoms with Gasteiger partial charge in [0.1, 0.15) is 5.82 Å². The number of carbonyl (C=O) groups is 1. The molecule has 0 aliphatic heterocycles. The number of nitrogens with one attached hydrogen (secondary N) is 1. The van der Waals surface area contributed by atoms with Crippen molar-refractivity contribution in [2.45, 2.75) is 13.3 Å². The Morgan fingerprint density at radius 3 is 2.82 bits per heavy atom. The maximum Gasteiger partial charge on any atom is 0.309 e. The molecule has 11 heavy (non-hydrogen) atoms. The van der Waals surface area contributed by atoms with E-state index in [4.69, 9.17) is 16.7 Å². The maximum atomic E-state index is 10.2. The first kappa shape index (κ1) is 8.07. The molecule has 1 aromatic rings. The van der Waals surface area contributed by atoms with Crippen LogP contribution in [0.25, 0.3) is 0 Å². The second-order valence-electron chi connectivity index (χ2n) is 2.16. The molecule has 1 aromatic heterocycles. The van der Waals surface area contributed by atoms with E-state index in [9.17, 15) is 4.79 Å². The van der Waals surface area contributed by atoms with Crippen LogP contribution >= 0.6 is 11.6 Å². The Kier molecular flexibility index (Phi) is 2.14. The molecular weight excluding hydrogens is 168 g/mol. The molecule has 0 spiro atoms. The lowest BCUT2D eigenvalue weighted by molar-refractivity contribution is -0.136. The lowest BCUT2D eigenvalue weighted by Gasteiger charge is -1.89. The van der Waals surface area contributed by atoms with E-state index in [0.717, 1.165) is 0 Å². The number of aromatic nitrogens is 2. The number of halogens is 1. The molecule has 5 heteroatoms. The summed E-state index contributed by atoms with van der Waals surface area (Å²) in [7, 11) is 0. The lowest BCUT2D eigenvalue weighted by atomic mass is 10.3. The van der Waals surface area contributed by atoms with Gasteiger partial charge in [0.2, 0.25) is 0 Å². The van der Waals surface area contributed by atoms with Gasteiger partial charge in [-0.1, -0.05) is 11.6 Å². The summed E-state index contributed by atoms with van der Waals surface area (Å²) in [5.41, 5.74) is 0.455. The van der Waals surface area contributed by atoms with Crippen molar-refractivity contribution in [2.75, 3.05) is 0 Å². The number of rotatable bonds is 2. The zero-order valence-corrected chi connectivity index (χ0v) is 6.64. The highest BCUT2D eigenvalue weighted by Crippen LogP contribution is 2.12. The third kappa shape index (κ3) is 1.94. The first-order chi connectivity index (χ1) is 5.09. The van der Waals surface area contributed by atoms with Crippen molar-refractivity contribution in [3.05, 3.63) is 16.7 Å². The van der Waals surface area contributed by atoms with E-state index in [2.05, 4.69) is 9.97 Å². The molecule has 0 atom stereocenters. The van der Waals surface area contributed by atoms with Crippen LogP contribution in [0.3, 0.4) is 0 Å². The van der Waals surface area contributed by atoms with Crippen molar-refractivity contribution in [3.8, 4) is 0 Å². The minimum absolute atomic E-state index is 0.111. The minimum atomic E-state index is -0.921. The highest BCUT2D eigenvalue weighted by atomic mass is 35.5. The summed E-state index contributed by atoms with van der Waals surface area (Å²) in [6, 6.07) is 0. The molecule has 0 aliphatic carbocycles. The van der Waals surface area contributed by atoms with Crippen molar-refractivity contribution in [2.24, 2.45) is 0 Å². The number of imidazole rings is 1. The number of hydrogen-bond donors (Lipinski definition) is 2. The molecule has 0 bridgehead atoms. The molecule has 0 amide bonds. The van der Waals surface area contributed by atoms with E-state index in [0.29, 0.717) is 11.5 Å². The van der Waals surface area contributed by atoms with Crippen LogP contribution in [0, 0.1) is 6.92 Å². The van der Waals surface area contributed by atoms with Gasteiger partial charge >= 0.3 is 5.97 Å². The van der Waals surface area contributed by atoms with Crippen molar-refractivity contribution >= 4 is 17.6 Å². The highest BCUT2D eigenvalue weighted by Gasteiger charge is 2.08. The Balaban J connectivity index is 2.85. The Hall–Kier alpha value is -1.03. The number of aromatic amines is 1. The van der Waals surface area contributed by atoms with Gasteiger partial charge in [-0.25, -0.2) is 4.98 Å². The summed E-state index contributed by atoms with van der Waals surface area (Å²) < 4.78 is 0. The molecule has 0 saturated heterocycles. The largest absolute Gasteiger partial charge is 0.481 e. The third-order valence-electron chi connectivity index (χ3n) is 1.17. The second-order valence-corrected chi connectivity index (χ2v) is 2.52. The molecule has 0 saturated carbocycles. The smallest absolute Gasteiger partial charge is 0.309 e. The molecule has 0 aromatic carbocycles. The Morgan fingerprint density at radius 1 is 1.82 bits per heavy atom. The van der Waals surface area contributed by atoms with Gasteiger partial charge in [0.25, 0.3) is 0 Å². The van der Waals surface area contributed by atoms with Crippen molar-refractivity contribution in [1.29, 1.82) is 0 Å². The predicted octanol–water partition coefficient (Wildman–Crippen LogP) is 0.999. The van der Waals surface area contributed by atoms with E-state index in [1.54, 1.807) is 6.92 Å². The summed E-state index contributed by atoms with van der Waals surface area (Å²) in [6.07, 6.45) is -0.111. The Labute approximate surface area is 68.2 Å². The quantitative estimate of drug-likeness (QED) is 0.703. The zero-order chi connectivity index (χ0) is 8.43. The zero-order valence-electron chi connectivity index (χ0n) is 5.89. The van der Waals surface area contributed by atoms with E-state index < -0.39 is 5.97 Å². The summed E-state index contributed by atoms with van der Waals surface area (Å²) in [5, 5.41) is 8.63. The fraction of sp³-hybridized carbons (Fsp3) is 0.333. The molecule has 0 aliphatic rings. The lowest BCUT2D eigenvalue weighted by Crippen LogP contribution is -2.00. The fourth-order valence-electron chi connectivity index (χ4n) is 0.781. The molecule has 0 radical (unpaired) electrons. The van der Waals surface area contributed by atoms with E-state index >= 15 is 0 Å². The van der Waals surface area contributed by atoms with Crippen LogP contribution in [0.15, 0.2) is 0 Å². The van der Waals surface area contributed by atoms with Crippen LogP contribution < -0.4 is 0 Å². The molecule has 0 fully saturated rings. The van der Waals surface area contributed by atoms with E-state index in [1.807, 2.05) is 0 Å². The van der Waals surface area contributed by atoms with Gasteiger partial charge in [0.05, 0.1) is 12.1 Å². The van der Waals surface area contributed by atoms with Gasteiger partial charge in [-0.05, 0) is 6.92 Å². The average molecular weight is 175 g/mol. The predicted molar refractivity (Wildman–Crippen MR) is 39.7 cm³/mol. The van der Waals surface area contributed by atoms with Crippen LogP contribution in [0.2, 0.25) is 5.15 Å². The normalized spacial score (nSPS) is 10.0.